The number of aliphatic carboxylic acids is 1. The van der Waals surface area contributed by atoms with Crippen molar-refractivity contribution < 1.29 is 19.4 Å². The Balaban J connectivity index is 0.000000183. The molecule has 2 heterocycles. The Morgan fingerprint density at radius 2 is 1.14 bits per heavy atom. The van der Waals surface area contributed by atoms with Gasteiger partial charge in [0, 0.05) is 33.4 Å². The van der Waals surface area contributed by atoms with Gasteiger partial charge in [0.25, 0.3) is 5.97 Å². The lowest BCUT2D eigenvalue weighted by Gasteiger charge is -1.76. The maximum Gasteiger partial charge on any atom is 0.300 e. The van der Waals surface area contributed by atoms with Crippen LogP contribution in [0, 0.1) is 0 Å². The summed E-state index contributed by atoms with van der Waals surface area (Å²) in [5.74, 6) is -0.833. The van der Waals surface area contributed by atoms with Crippen molar-refractivity contribution in [2.24, 2.45) is 0 Å². The molecule has 0 radical (unpaired) electrons. The van der Waals surface area contributed by atoms with Crippen LogP contribution in [0.15, 0.2) is 0 Å². The van der Waals surface area contributed by atoms with Gasteiger partial charge in [-0.2, -0.15) is 0 Å². The second-order valence-corrected chi connectivity index (χ2v) is 3.16. The zero-order valence-corrected chi connectivity index (χ0v) is 8.83. The highest BCUT2D eigenvalue weighted by atomic mass is 16.5. The van der Waals surface area contributed by atoms with E-state index in [0.717, 1.165) is 33.4 Å². The summed E-state index contributed by atoms with van der Waals surface area (Å²) in [5, 5.41) is 7.42. The van der Waals surface area contributed by atoms with Crippen LogP contribution in [0.1, 0.15) is 32.6 Å². The fourth-order valence-electron chi connectivity index (χ4n) is 1.02. The quantitative estimate of drug-likeness (QED) is 0.652. The number of carboxylic acids is 1. The fourth-order valence-corrected chi connectivity index (χ4v) is 1.02. The van der Waals surface area contributed by atoms with Crippen molar-refractivity contribution in [3.05, 3.63) is 0 Å². The van der Waals surface area contributed by atoms with Gasteiger partial charge in [0.15, 0.2) is 0 Å². The van der Waals surface area contributed by atoms with E-state index < -0.39 is 5.97 Å². The maximum absolute atomic E-state index is 9.00. The molecule has 0 spiro atoms. The molecule has 2 aliphatic heterocycles. The monoisotopic (exact) mass is 204 g/mol. The molecule has 0 amide bonds. The number of rotatable bonds is 0. The van der Waals surface area contributed by atoms with Gasteiger partial charge >= 0.3 is 0 Å². The molecule has 0 aromatic heterocycles. The molecule has 0 saturated carbocycles. The van der Waals surface area contributed by atoms with Crippen LogP contribution in [0.3, 0.4) is 0 Å². The van der Waals surface area contributed by atoms with Crippen LogP contribution in [-0.4, -0.2) is 37.5 Å². The van der Waals surface area contributed by atoms with Crippen molar-refractivity contribution in [3.63, 3.8) is 0 Å². The molecule has 0 unspecified atom stereocenters. The van der Waals surface area contributed by atoms with E-state index in [1.54, 1.807) is 0 Å². The summed E-state index contributed by atoms with van der Waals surface area (Å²) < 4.78 is 9.89. The number of hydrogen-bond donors (Lipinski definition) is 1. The van der Waals surface area contributed by atoms with E-state index in [9.17, 15) is 0 Å². The Morgan fingerprint density at radius 1 is 0.929 bits per heavy atom. The highest BCUT2D eigenvalue weighted by Crippen LogP contribution is 1.98. The Labute approximate surface area is 85.2 Å². The Kier molecular flexibility index (Phi) is 10.0. The lowest BCUT2D eigenvalue weighted by Crippen LogP contribution is -1.78. The Hall–Kier alpha value is -0.610. The first kappa shape index (κ1) is 13.4. The fraction of sp³-hybridized carbons (Fsp3) is 0.900. The summed E-state index contributed by atoms with van der Waals surface area (Å²) in [7, 11) is 0. The van der Waals surface area contributed by atoms with Crippen LogP contribution >= 0.6 is 0 Å². The van der Waals surface area contributed by atoms with Crippen LogP contribution in [0.4, 0.5) is 0 Å². The van der Waals surface area contributed by atoms with Crippen molar-refractivity contribution in [3.8, 4) is 0 Å². The average Bonchev–Trinajstić information content (AvgIpc) is 2.83. The molecular formula is C10H20O4. The smallest absolute Gasteiger partial charge is 0.300 e. The van der Waals surface area contributed by atoms with E-state index in [2.05, 4.69) is 0 Å². The summed E-state index contributed by atoms with van der Waals surface area (Å²) in [4.78, 5) is 9.00. The minimum absolute atomic E-state index is 0.833. The second-order valence-electron chi connectivity index (χ2n) is 3.16. The van der Waals surface area contributed by atoms with Gasteiger partial charge in [0.2, 0.25) is 0 Å². The first-order valence-electron chi connectivity index (χ1n) is 5.08. The van der Waals surface area contributed by atoms with E-state index in [-0.39, 0.29) is 0 Å². The summed E-state index contributed by atoms with van der Waals surface area (Å²) in [6.07, 6.45) is 5.11. The number of carboxylic acid groups (broad SMARTS) is 1. The maximum atomic E-state index is 9.00. The third kappa shape index (κ3) is 13.9. The number of ether oxygens (including phenoxy) is 2. The van der Waals surface area contributed by atoms with Gasteiger partial charge in [0.1, 0.15) is 0 Å². The minimum atomic E-state index is -0.833. The van der Waals surface area contributed by atoms with E-state index in [1.807, 2.05) is 0 Å². The summed E-state index contributed by atoms with van der Waals surface area (Å²) >= 11 is 0. The lowest BCUT2D eigenvalue weighted by atomic mass is 10.4. The zero-order chi connectivity index (χ0) is 10.6. The molecule has 2 fully saturated rings. The predicted octanol–water partition coefficient (Wildman–Crippen LogP) is 1.68. The summed E-state index contributed by atoms with van der Waals surface area (Å²) in [6, 6.07) is 0. The van der Waals surface area contributed by atoms with Crippen molar-refractivity contribution in [2.45, 2.75) is 32.6 Å². The molecule has 0 bridgehead atoms. The first-order valence-corrected chi connectivity index (χ1v) is 5.08. The average molecular weight is 204 g/mol. The molecule has 4 nitrogen and oxygen atoms in total. The SMILES string of the molecule is C1CCOC1.C1CCOC1.CC(=O)O. The van der Waals surface area contributed by atoms with Gasteiger partial charge < -0.3 is 14.6 Å². The van der Waals surface area contributed by atoms with E-state index in [1.165, 1.54) is 25.7 Å². The lowest BCUT2D eigenvalue weighted by molar-refractivity contribution is -0.134. The van der Waals surface area contributed by atoms with Gasteiger partial charge in [-0.3, -0.25) is 4.79 Å². The molecule has 84 valence electrons. The normalized spacial score (nSPS) is 18.9. The molecule has 14 heavy (non-hydrogen) atoms. The largest absolute Gasteiger partial charge is 0.481 e. The number of hydrogen-bond acceptors (Lipinski definition) is 3. The molecular weight excluding hydrogens is 184 g/mol. The van der Waals surface area contributed by atoms with Crippen LogP contribution in [0.25, 0.3) is 0 Å². The highest BCUT2D eigenvalue weighted by molar-refractivity contribution is 5.62. The molecule has 1 N–H and O–H groups in total. The van der Waals surface area contributed by atoms with Gasteiger partial charge in [0.05, 0.1) is 0 Å². The second kappa shape index (κ2) is 10.5. The van der Waals surface area contributed by atoms with Gasteiger partial charge in [-0.15, -0.1) is 0 Å². The standard InChI is InChI=1S/2C4H8O.C2H4O2/c2*1-2-4-5-3-1;1-2(3)4/h2*1-4H2;1H3,(H,3,4). The topological polar surface area (TPSA) is 55.8 Å². The zero-order valence-electron chi connectivity index (χ0n) is 8.83. The molecule has 0 aromatic carbocycles. The van der Waals surface area contributed by atoms with Crippen molar-refractivity contribution in [1.29, 1.82) is 0 Å². The van der Waals surface area contributed by atoms with E-state index in [4.69, 9.17) is 19.4 Å². The van der Waals surface area contributed by atoms with Crippen molar-refractivity contribution >= 4 is 5.97 Å². The van der Waals surface area contributed by atoms with E-state index >= 15 is 0 Å². The van der Waals surface area contributed by atoms with Crippen LogP contribution in [0.5, 0.6) is 0 Å². The number of carbonyl (C=O) groups is 1. The molecule has 4 heteroatoms. The minimum Gasteiger partial charge on any atom is -0.481 e. The molecule has 0 aliphatic carbocycles. The molecule has 0 atom stereocenters. The van der Waals surface area contributed by atoms with Crippen molar-refractivity contribution in [1.82, 2.24) is 0 Å². The van der Waals surface area contributed by atoms with Crippen LogP contribution < -0.4 is 0 Å². The predicted molar refractivity (Wildman–Crippen MR) is 53.4 cm³/mol. The molecule has 2 saturated heterocycles. The van der Waals surface area contributed by atoms with Crippen molar-refractivity contribution in [2.75, 3.05) is 26.4 Å². The molecule has 2 aliphatic rings. The summed E-state index contributed by atoms with van der Waals surface area (Å²) in [5.41, 5.74) is 0. The van der Waals surface area contributed by atoms with Gasteiger partial charge in [-0.1, -0.05) is 0 Å². The van der Waals surface area contributed by atoms with Gasteiger partial charge in [-0.05, 0) is 25.7 Å². The van der Waals surface area contributed by atoms with Crippen LogP contribution in [0.2, 0.25) is 0 Å². The van der Waals surface area contributed by atoms with E-state index in [0.29, 0.717) is 0 Å². The third-order valence-corrected chi connectivity index (χ3v) is 1.65. The van der Waals surface area contributed by atoms with Crippen LogP contribution in [-0.2, 0) is 14.3 Å². The summed E-state index contributed by atoms with van der Waals surface area (Å²) in [6.45, 7) is 5.08. The molecule has 2 rings (SSSR count). The third-order valence-electron chi connectivity index (χ3n) is 1.65. The Bertz CT molecular complexity index is 98.9. The molecule has 0 aromatic rings. The highest BCUT2D eigenvalue weighted by Gasteiger charge is 1.95. The van der Waals surface area contributed by atoms with Gasteiger partial charge in [-0.25, -0.2) is 0 Å². The Morgan fingerprint density at radius 3 is 1.21 bits per heavy atom. The first-order chi connectivity index (χ1) is 6.73.